The summed E-state index contributed by atoms with van der Waals surface area (Å²) in [5.41, 5.74) is 4.10. The van der Waals surface area contributed by atoms with Crippen molar-refractivity contribution in [3.63, 3.8) is 0 Å². The molecule has 4 N–H and O–H groups in total. The number of hydrogen-bond donors (Lipinski definition) is 3. The van der Waals surface area contributed by atoms with E-state index in [-0.39, 0.29) is 6.61 Å². The van der Waals surface area contributed by atoms with Crippen LogP contribution in [0, 0.1) is 6.92 Å². The maximum atomic E-state index is 9.17. The number of aromatic nitrogens is 2. The molecular weight excluding hydrogens is 268 g/mol. The van der Waals surface area contributed by atoms with Crippen molar-refractivity contribution in [2.24, 2.45) is 5.84 Å². The fraction of sp³-hybridized carbons (Fsp3) is 0.333. The summed E-state index contributed by atoms with van der Waals surface area (Å²) < 4.78 is 5.82. The highest BCUT2D eigenvalue weighted by Crippen LogP contribution is 2.27. The average molecular weight is 288 g/mol. The van der Waals surface area contributed by atoms with Crippen LogP contribution in [0.5, 0.6) is 11.6 Å². The molecule has 0 amide bonds. The van der Waals surface area contributed by atoms with Crippen LogP contribution < -0.4 is 16.0 Å². The van der Waals surface area contributed by atoms with Crippen LogP contribution in [-0.4, -0.2) is 15.1 Å². The number of nitrogen functional groups attached to an aromatic ring is 1. The number of nitrogens with one attached hydrogen (secondary N) is 1. The van der Waals surface area contributed by atoms with Crippen LogP contribution in [0.1, 0.15) is 30.3 Å². The van der Waals surface area contributed by atoms with Gasteiger partial charge in [-0.25, -0.2) is 10.8 Å². The predicted molar refractivity (Wildman–Crippen MR) is 81.0 cm³/mol. The van der Waals surface area contributed by atoms with Gasteiger partial charge in [0.1, 0.15) is 17.4 Å². The van der Waals surface area contributed by atoms with Crippen molar-refractivity contribution < 1.29 is 9.84 Å². The van der Waals surface area contributed by atoms with E-state index >= 15 is 0 Å². The topological polar surface area (TPSA) is 93.3 Å². The summed E-state index contributed by atoms with van der Waals surface area (Å²) in [6.07, 6.45) is 1.69. The number of nitrogens with two attached hydrogens (primary N) is 1. The van der Waals surface area contributed by atoms with Crippen LogP contribution in [0.15, 0.2) is 24.3 Å². The number of benzene rings is 1. The first kappa shape index (κ1) is 15.2. The second-order valence-electron chi connectivity index (χ2n) is 4.72. The van der Waals surface area contributed by atoms with Gasteiger partial charge < -0.3 is 15.3 Å². The SMILES string of the molecule is CCCc1nc(NN)c(C)c(Oc2cccc(CO)c2)n1. The lowest BCUT2D eigenvalue weighted by Crippen LogP contribution is -2.13. The van der Waals surface area contributed by atoms with Crippen molar-refractivity contribution in [3.05, 3.63) is 41.2 Å². The molecule has 0 aliphatic carbocycles. The van der Waals surface area contributed by atoms with Gasteiger partial charge in [0.2, 0.25) is 5.88 Å². The van der Waals surface area contributed by atoms with E-state index in [4.69, 9.17) is 10.6 Å². The Morgan fingerprint density at radius 1 is 1.33 bits per heavy atom. The molecule has 0 unspecified atom stereocenters. The van der Waals surface area contributed by atoms with Gasteiger partial charge in [-0.2, -0.15) is 4.98 Å². The molecule has 112 valence electrons. The van der Waals surface area contributed by atoms with Crippen LogP contribution in [0.4, 0.5) is 5.82 Å². The third kappa shape index (κ3) is 3.68. The summed E-state index contributed by atoms with van der Waals surface area (Å²) in [5.74, 6) is 7.82. The third-order valence-corrected chi connectivity index (χ3v) is 3.05. The molecule has 1 aromatic heterocycles. The molecule has 0 aliphatic rings. The molecule has 1 heterocycles. The van der Waals surface area contributed by atoms with Gasteiger partial charge in [0.15, 0.2) is 0 Å². The average Bonchev–Trinajstić information content (AvgIpc) is 2.50. The number of rotatable bonds is 6. The number of aliphatic hydroxyl groups excluding tert-OH is 1. The number of anilines is 1. The second kappa shape index (κ2) is 7.01. The van der Waals surface area contributed by atoms with Crippen LogP contribution in [0.25, 0.3) is 0 Å². The van der Waals surface area contributed by atoms with E-state index in [2.05, 4.69) is 22.3 Å². The maximum Gasteiger partial charge on any atom is 0.227 e. The fourth-order valence-electron chi connectivity index (χ4n) is 1.93. The monoisotopic (exact) mass is 288 g/mol. The van der Waals surface area contributed by atoms with Crippen molar-refractivity contribution >= 4 is 5.82 Å². The summed E-state index contributed by atoms with van der Waals surface area (Å²) in [5, 5.41) is 9.17. The normalized spacial score (nSPS) is 10.5. The van der Waals surface area contributed by atoms with Crippen molar-refractivity contribution in [2.45, 2.75) is 33.3 Å². The van der Waals surface area contributed by atoms with E-state index < -0.39 is 0 Å². The first-order valence-electron chi connectivity index (χ1n) is 6.89. The van der Waals surface area contributed by atoms with Gasteiger partial charge in [-0.1, -0.05) is 19.1 Å². The standard InChI is InChI=1S/C15H20N4O2/c1-3-5-13-17-14(19-16)10(2)15(18-13)21-12-7-4-6-11(8-12)9-20/h4,6-8,20H,3,5,9,16H2,1-2H3,(H,17,18,19). The van der Waals surface area contributed by atoms with E-state index in [0.29, 0.717) is 23.3 Å². The Balaban J connectivity index is 2.35. The number of aryl methyl sites for hydroxylation is 1. The Morgan fingerprint density at radius 3 is 2.81 bits per heavy atom. The lowest BCUT2D eigenvalue weighted by Gasteiger charge is -2.13. The smallest absolute Gasteiger partial charge is 0.227 e. The van der Waals surface area contributed by atoms with E-state index in [1.165, 1.54) is 0 Å². The molecule has 0 saturated heterocycles. The van der Waals surface area contributed by atoms with Crippen molar-refractivity contribution in [3.8, 4) is 11.6 Å². The van der Waals surface area contributed by atoms with Gasteiger partial charge in [0, 0.05) is 6.42 Å². The maximum absolute atomic E-state index is 9.17. The van der Waals surface area contributed by atoms with Crippen molar-refractivity contribution in [2.75, 3.05) is 5.43 Å². The van der Waals surface area contributed by atoms with E-state index in [9.17, 15) is 5.11 Å². The third-order valence-electron chi connectivity index (χ3n) is 3.05. The summed E-state index contributed by atoms with van der Waals surface area (Å²) in [6.45, 7) is 3.87. The predicted octanol–water partition coefficient (Wildman–Crippen LogP) is 2.31. The Bertz CT molecular complexity index is 617. The number of hydrazine groups is 1. The van der Waals surface area contributed by atoms with Gasteiger partial charge in [0.05, 0.1) is 12.2 Å². The van der Waals surface area contributed by atoms with Gasteiger partial charge in [-0.05, 0) is 31.0 Å². The largest absolute Gasteiger partial charge is 0.439 e. The van der Waals surface area contributed by atoms with Crippen LogP contribution in [0.2, 0.25) is 0 Å². The van der Waals surface area contributed by atoms with Gasteiger partial charge in [0.25, 0.3) is 0 Å². The molecule has 1 aromatic carbocycles. The van der Waals surface area contributed by atoms with Crippen molar-refractivity contribution in [1.82, 2.24) is 9.97 Å². The van der Waals surface area contributed by atoms with Gasteiger partial charge in [-0.3, -0.25) is 0 Å². The second-order valence-corrected chi connectivity index (χ2v) is 4.72. The first-order chi connectivity index (χ1) is 10.2. The number of hydrogen-bond acceptors (Lipinski definition) is 6. The summed E-state index contributed by atoms with van der Waals surface area (Å²) in [6, 6.07) is 7.24. The zero-order chi connectivity index (χ0) is 15.2. The molecule has 6 nitrogen and oxygen atoms in total. The zero-order valence-electron chi connectivity index (χ0n) is 12.3. The first-order valence-corrected chi connectivity index (χ1v) is 6.89. The molecule has 0 radical (unpaired) electrons. The van der Waals surface area contributed by atoms with Gasteiger partial charge >= 0.3 is 0 Å². The van der Waals surface area contributed by atoms with Gasteiger partial charge in [-0.15, -0.1) is 0 Å². The molecule has 6 heteroatoms. The summed E-state index contributed by atoms with van der Waals surface area (Å²) in [4.78, 5) is 8.78. The van der Waals surface area contributed by atoms with E-state index in [1.54, 1.807) is 6.07 Å². The van der Waals surface area contributed by atoms with E-state index in [1.807, 2.05) is 25.1 Å². The molecule has 0 atom stereocenters. The minimum absolute atomic E-state index is 0.0311. The molecular formula is C15H20N4O2. The zero-order valence-corrected chi connectivity index (χ0v) is 12.3. The fourth-order valence-corrected chi connectivity index (χ4v) is 1.93. The lowest BCUT2D eigenvalue weighted by atomic mass is 10.2. The molecule has 2 aromatic rings. The number of nitrogens with zero attached hydrogens (tertiary/aromatic N) is 2. The Labute approximate surface area is 124 Å². The summed E-state index contributed by atoms with van der Waals surface area (Å²) in [7, 11) is 0. The minimum atomic E-state index is -0.0311. The Hall–Kier alpha value is -2.18. The van der Waals surface area contributed by atoms with Crippen LogP contribution >= 0.6 is 0 Å². The van der Waals surface area contributed by atoms with Crippen LogP contribution in [0.3, 0.4) is 0 Å². The Morgan fingerprint density at radius 2 is 2.14 bits per heavy atom. The van der Waals surface area contributed by atoms with Crippen molar-refractivity contribution in [1.29, 1.82) is 0 Å². The number of ether oxygens (including phenoxy) is 1. The Kier molecular flexibility index (Phi) is 5.08. The highest BCUT2D eigenvalue weighted by atomic mass is 16.5. The minimum Gasteiger partial charge on any atom is -0.439 e. The molecule has 21 heavy (non-hydrogen) atoms. The molecule has 0 aliphatic heterocycles. The summed E-state index contributed by atoms with van der Waals surface area (Å²) >= 11 is 0. The molecule has 0 saturated carbocycles. The molecule has 2 rings (SSSR count). The molecule has 0 bridgehead atoms. The highest BCUT2D eigenvalue weighted by Gasteiger charge is 2.12. The highest BCUT2D eigenvalue weighted by molar-refractivity contribution is 5.49. The number of aliphatic hydroxyl groups is 1. The van der Waals surface area contributed by atoms with E-state index in [0.717, 1.165) is 24.0 Å². The quantitative estimate of drug-likeness (QED) is 0.558. The lowest BCUT2D eigenvalue weighted by molar-refractivity contribution is 0.281. The van der Waals surface area contributed by atoms with Crippen LogP contribution in [-0.2, 0) is 13.0 Å². The molecule has 0 spiro atoms. The molecule has 0 fully saturated rings.